The van der Waals surface area contributed by atoms with Crippen LogP contribution in [0.15, 0.2) is 36.4 Å². The van der Waals surface area contributed by atoms with Gasteiger partial charge in [0.2, 0.25) is 0 Å². The molecule has 0 radical (unpaired) electrons. The number of nitrogens with one attached hydrogen (secondary N) is 1. The van der Waals surface area contributed by atoms with E-state index in [1.807, 2.05) is 0 Å². The Morgan fingerprint density at radius 1 is 1.00 bits per heavy atom. The highest BCUT2D eigenvalue weighted by Gasteiger charge is 2.17. The van der Waals surface area contributed by atoms with E-state index in [4.69, 9.17) is 14.2 Å². The van der Waals surface area contributed by atoms with E-state index >= 15 is 0 Å². The van der Waals surface area contributed by atoms with E-state index in [1.165, 1.54) is 21.1 Å². The molecule has 0 heterocycles. The van der Waals surface area contributed by atoms with Crippen molar-refractivity contribution in [2.24, 2.45) is 0 Å². The second kappa shape index (κ2) is 7.63. The summed E-state index contributed by atoms with van der Waals surface area (Å²) in [5.41, 5.74) is -0.125. The minimum Gasteiger partial charge on any atom is -0.496 e. The highest BCUT2D eigenvalue weighted by atomic mass is 19.1. The minimum absolute atomic E-state index is 0.125. The number of rotatable bonds is 6. The van der Waals surface area contributed by atoms with Crippen LogP contribution >= 0.6 is 0 Å². The molecule has 0 saturated heterocycles. The number of amides is 1. The van der Waals surface area contributed by atoms with Gasteiger partial charge in [-0.25, -0.2) is 8.78 Å². The molecule has 0 fully saturated rings. The summed E-state index contributed by atoms with van der Waals surface area (Å²) in [5, 5.41) is 2.35. The van der Waals surface area contributed by atoms with E-state index in [2.05, 4.69) is 5.32 Å². The molecule has 1 atom stereocenters. The lowest BCUT2D eigenvalue weighted by atomic mass is 10.2. The van der Waals surface area contributed by atoms with Crippen LogP contribution in [0, 0.1) is 11.6 Å². The van der Waals surface area contributed by atoms with Crippen molar-refractivity contribution >= 4 is 11.6 Å². The zero-order valence-corrected chi connectivity index (χ0v) is 13.4. The lowest BCUT2D eigenvalue weighted by molar-refractivity contribution is -0.122. The molecule has 24 heavy (non-hydrogen) atoms. The van der Waals surface area contributed by atoms with Gasteiger partial charge < -0.3 is 19.5 Å². The van der Waals surface area contributed by atoms with Gasteiger partial charge in [0.1, 0.15) is 28.9 Å². The van der Waals surface area contributed by atoms with Crippen LogP contribution in [0.2, 0.25) is 0 Å². The molecule has 0 aliphatic rings. The van der Waals surface area contributed by atoms with Crippen molar-refractivity contribution in [2.75, 3.05) is 19.5 Å². The van der Waals surface area contributed by atoms with E-state index in [0.29, 0.717) is 23.3 Å². The summed E-state index contributed by atoms with van der Waals surface area (Å²) in [4.78, 5) is 12.1. The first-order valence-electron chi connectivity index (χ1n) is 7.08. The van der Waals surface area contributed by atoms with Crippen molar-refractivity contribution in [3.63, 3.8) is 0 Å². The normalized spacial score (nSPS) is 11.5. The number of hydrogen-bond acceptors (Lipinski definition) is 4. The molecule has 2 rings (SSSR count). The summed E-state index contributed by atoms with van der Waals surface area (Å²) >= 11 is 0. The topological polar surface area (TPSA) is 56.8 Å². The zero-order chi connectivity index (χ0) is 17.7. The first-order valence-corrected chi connectivity index (χ1v) is 7.08. The van der Waals surface area contributed by atoms with E-state index < -0.39 is 23.6 Å². The SMILES string of the molecule is COc1cc(OC)cc(O[C@@H](C)C(=O)Nc2ccc(F)cc2F)c1. The molecular weight excluding hydrogens is 320 g/mol. The van der Waals surface area contributed by atoms with Crippen molar-refractivity contribution in [3.05, 3.63) is 48.0 Å². The maximum atomic E-state index is 13.6. The van der Waals surface area contributed by atoms with Gasteiger partial charge in [-0.15, -0.1) is 0 Å². The molecule has 5 nitrogen and oxygen atoms in total. The van der Waals surface area contributed by atoms with Gasteiger partial charge in [-0.05, 0) is 19.1 Å². The highest BCUT2D eigenvalue weighted by molar-refractivity contribution is 5.94. The van der Waals surface area contributed by atoms with Crippen LogP contribution < -0.4 is 19.5 Å². The van der Waals surface area contributed by atoms with Crippen LogP contribution in [0.4, 0.5) is 14.5 Å². The van der Waals surface area contributed by atoms with Crippen LogP contribution in [0.5, 0.6) is 17.2 Å². The van der Waals surface area contributed by atoms with Crippen LogP contribution in [0.1, 0.15) is 6.92 Å². The molecule has 0 aromatic heterocycles. The number of carbonyl (C=O) groups excluding carboxylic acids is 1. The zero-order valence-electron chi connectivity index (χ0n) is 13.4. The average Bonchev–Trinajstić information content (AvgIpc) is 2.56. The van der Waals surface area contributed by atoms with Crippen LogP contribution in [0.25, 0.3) is 0 Å². The Morgan fingerprint density at radius 3 is 2.12 bits per heavy atom. The number of hydrogen-bond donors (Lipinski definition) is 1. The van der Waals surface area contributed by atoms with Crippen molar-refractivity contribution in [3.8, 4) is 17.2 Å². The quantitative estimate of drug-likeness (QED) is 0.878. The molecule has 0 aliphatic heterocycles. The largest absolute Gasteiger partial charge is 0.496 e. The van der Waals surface area contributed by atoms with E-state index in [-0.39, 0.29) is 5.69 Å². The fourth-order valence-electron chi connectivity index (χ4n) is 1.93. The minimum atomic E-state index is -0.925. The highest BCUT2D eigenvalue weighted by Crippen LogP contribution is 2.28. The summed E-state index contributed by atoms with van der Waals surface area (Å²) < 4.78 is 42.2. The smallest absolute Gasteiger partial charge is 0.265 e. The van der Waals surface area contributed by atoms with Crippen LogP contribution in [-0.2, 0) is 4.79 Å². The van der Waals surface area contributed by atoms with E-state index in [1.54, 1.807) is 18.2 Å². The molecule has 0 saturated carbocycles. The number of anilines is 1. The Bertz CT molecular complexity index is 714. The Kier molecular flexibility index (Phi) is 5.57. The van der Waals surface area contributed by atoms with Crippen molar-refractivity contribution < 1.29 is 27.8 Å². The molecule has 2 aromatic rings. The van der Waals surface area contributed by atoms with Gasteiger partial charge in [0.15, 0.2) is 6.10 Å². The fourth-order valence-corrected chi connectivity index (χ4v) is 1.93. The second-order valence-corrected chi connectivity index (χ2v) is 4.92. The Morgan fingerprint density at radius 2 is 1.58 bits per heavy atom. The number of ether oxygens (including phenoxy) is 3. The van der Waals surface area contributed by atoms with Crippen molar-refractivity contribution in [1.29, 1.82) is 0 Å². The number of benzene rings is 2. The van der Waals surface area contributed by atoms with Gasteiger partial charge in [-0.2, -0.15) is 0 Å². The molecule has 7 heteroatoms. The van der Waals surface area contributed by atoms with Gasteiger partial charge in [-0.3, -0.25) is 4.79 Å². The molecule has 1 amide bonds. The number of methoxy groups -OCH3 is 2. The predicted octanol–water partition coefficient (Wildman–Crippen LogP) is 3.39. The van der Waals surface area contributed by atoms with E-state index in [0.717, 1.165) is 12.1 Å². The molecule has 0 bridgehead atoms. The van der Waals surface area contributed by atoms with Gasteiger partial charge in [0.05, 0.1) is 19.9 Å². The average molecular weight is 337 g/mol. The summed E-state index contributed by atoms with van der Waals surface area (Å²) in [6, 6.07) is 7.72. The summed E-state index contributed by atoms with van der Waals surface area (Å²) in [5.74, 6) is -0.810. The van der Waals surface area contributed by atoms with E-state index in [9.17, 15) is 13.6 Å². The Hall–Kier alpha value is -2.83. The third-order valence-corrected chi connectivity index (χ3v) is 3.20. The summed E-state index contributed by atoms with van der Waals surface area (Å²) in [7, 11) is 2.98. The van der Waals surface area contributed by atoms with Crippen molar-refractivity contribution in [2.45, 2.75) is 13.0 Å². The predicted molar refractivity (Wildman–Crippen MR) is 84.6 cm³/mol. The third-order valence-electron chi connectivity index (χ3n) is 3.20. The Balaban J connectivity index is 2.08. The molecule has 0 unspecified atom stereocenters. The lowest BCUT2D eigenvalue weighted by Crippen LogP contribution is -2.30. The maximum absolute atomic E-state index is 13.6. The first-order chi connectivity index (χ1) is 11.4. The van der Waals surface area contributed by atoms with Crippen LogP contribution in [0.3, 0.4) is 0 Å². The van der Waals surface area contributed by atoms with Gasteiger partial charge in [0.25, 0.3) is 5.91 Å². The molecule has 0 spiro atoms. The van der Waals surface area contributed by atoms with Gasteiger partial charge in [-0.1, -0.05) is 0 Å². The monoisotopic (exact) mass is 337 g/mol. The fraction of sp³-hybridized carbons (Fsp3) is 0.235. The van der Waals surface area contributed by atoms with Gasteiger partial charge in [0, 0.05) is 24.3 Å². The second-order valence-electron chi connectivity index (χ2n) is 4.92. The molecular formula is C17H17F2NO4. The summed E-state index contributed by atoms with van der Waals surface area (Å²) in [6.07, 6.45) is -0.925. The van der Waals surface area contributed by atoms with Gasteiger partial charge >= 0.3 is 0 Å². The summed E-state index contributed by atoms with van der Waals surface area (Å²) in [6.45, 7) is 1.50. The molecule has 0 aliphatic carbocycles. The molecule has 1 N–H and O–H groups in total. The third kappa shape index (κ3) is 4.34. The molecule has 128 valence electrons. The number of carbonyl (C=O) groups is 1. The number of halogens is 2. The van der Waals surface area contributed by atoms with Crippen molar-refractivity contribution in [1.82, 2.24) is 0 Å². The Labute approximate surface area is 138 Å². The first kappa shape index (κ1) is 17.5. The lowest BCUT2D eigenvalue weighted by Gasteiger charge is -2.16. The van der Waals surface area contributed by atoms with Crippen LogP contribution in [-0.4, -0.2) is 26.2 Å². The molecule has 2 aromatic carbocycles. The maximum Gasteiger partial charge on any atom is 0.265 e. The standard InChI is InChI=1S/C17H17F2NO4/c1-10(17(21)20-16-5-4-11(18)6-15(16)19)24-14-8-12(22-2)7-13(9-14)23-3/h4-10H,1-3H3,(H,20,21)/t10-/m0/s1.